The van der Waals surface area contributed by atoms with Crippen molar-refractivity contribution in [1.82, 2.24) is 10.3 Å². The van der Waals surface area contributed by atoms with Crippen LogP contribution in [0.5, 0.6) is 0 Å². The van der Waals surface area contributed by atoms with Crippen molar-refractivity contribution in [2.75, 3.05) is 14.2 Å². The lowest BCUT2D eigenvalue weighted by molar-refractivity contribution is -0.119. The van der Waals surface area contributed by atoms with Crippen LogP contribution in [0, 0.1) is 0 Å². The molecule has 0 bridgehead atoms. The number of nitrogens with one attached hydrogen (secondary N) is 1. The van der Waals surface area contributed by atoms with E-state index in [-0.39, 0.29) is 12.3 Å². The first-order valence-corrected chi connectivity index (χ1v) is 7.27. The Kier molecular flexibility index (Phi) is 5.48. The molecule has 0 saturated carbocycles. The lowest BCUT2D eigenvalue weighted by Gasteiger charge is -2.22. The first-order valence-electron chi connectivity index (χ1n) is 6.48. The fraction of sp³-hybridized carbons (Fsp3) is 0.400. The smallest absolute Gasteiger partial charge is 0.171 e. The van der Waals surface area contributed by atoms with E-state index < -0.39 is 0 Å². The number of halogens is 1. The van der Waals surface area contributed by atoms with E-state index in [1.54, 1.807) is 14.2 Å². The number of ether oxygens (including phenoxy) is 2. The minimum atomic E-state index is -0.260. The van der Waals surface area contributed by atoms with Crippen LogP contribution in [-0.4, -0.2) is 31.5 Å². The molecule has 1 aromatic heterocycles. The first kappa shape index (κ1) is 15.4. The molecule has 20 heavy (non-hydrogen) atoms. The summed E-state index contributed by atoms with van der Waals surface area (Å²) in [6, 6.07) is 8.22. The number of rotatable bonds is 6. The molecule has 0 fully saturated rings. The van der Waals surface area contributed by atoms with Crippen LogP contribution in [0.3, 0.4) is 0 Å². The van der Waals surface area contributed by atoms with Crippen molar-refractivity contribution in [2.24, 2.45) is 0 Å². The van der Waals surface area contributed by atoms with Crippen LogP contribution >= 0.6 is 15.9 Å². The van der Waals surface area contributed by atoms with Gasteiger partial charge in [0.15, 0.2) is 6.29 Å². The molecule has 0 spiro atoms. The molecule has 0 radical (unpaired) electrons. The van der Waals surface area contributed by atoms with Gasteiger partial charge < -0.3 is 14.8 Å². The molecule has 1 atom stereocenters. The van der Waals surface area contributed by atoms with Crippen molar-refractivity contribution in [2.45, 2.75) is 25.8 Å². The Balaban J connectivity index is 2.16. The summed E-state index contributed by atoms with van der Waals surface area (Å²) < 4.78 is 11.6. The second-order valence-corrected chi connectivity index (χ2v) is 5.47. The number of benzene rings is 1. The summed E-state index contributed by atoms with van der Waals surface area (Å²) in [7, 11) is 3.28. The monoisotopic (exact) mass is 338 g/mol. The van der Waals surface area contributed by atoms with E-state index in [2.05, 4.69) is 44.4 Å². The fourth-order valence-electron chi connectivity index (χ4n) is 2.21. The first-order chi connectivity index (χ1) is 9.67. The van der Waals surface area contributed by atoms with E-state index in [4.69, 9.17) is 9.47 Å². The van der Waals surface area contributed by atoms with Crippen molar-refractivity contribution in [1.29, 1.82) is 0 Å². The third kappa shape index (κ3) is 3.35. The van der Waals surface area contributed by atoms with Gasteiger partial charge in [-0.3, -0.25) is 4.98 Å². The molecule has 0 amide bonds. The number of hydrogen-bond donors (Lipinski definition) is 1. The third-order valence-electron chi connectivity index (χ3n) is 3.29. The number of aromatic nitrogens is 1. The molecule has 0 aliphatic heterocycles. The highest BCUT2D eigenvalue weighted by atomic mass is 79.9. The van der Waals surface area contributed by atoms with Gasteiger partial charge in [0.05, 0.1) is 11.6 Å². The van der Waals surface area contributed by atoms with Crippen molar-refractivity contribution in [3.05, 3.63) is 40.5 Å². The van der Waals surface area contributed by atoms with Crippen LogP contribution in [0.4, 0.5) is 0 Å². The number of fused-ring (bicyclic) bond motifs is 1. The minimum Gasteiger partial charge on any atom is -0.354 e. The predicted molar refractivity (Wildman–Crippen MR) is 83.6 cm³/mol. The van der Waals surface area contributed by atoms with Gasteiger partial charge in [0.1, 0.15) is 0 Å². The summed E-state index contributed by atoms with van der Waals surface area (Å²) in [6.07, 6.45) is 1.55. The van der Waals surface area contributed by atoms with Gasteiger partial charge in [-0.1, -0.05) is 28.1 Å². The molecule has 0 aliphatic carbocycles. The average molecular weight is 339 g/mol. The van der Waals surface area contributed by atoms with Gasteiger partial charge in [0, 0.05) is 36.8 Å². The Morgan fingerprint density at radius 1 is 1.25 bits per heavy atom. The molecule has 0 aliphatic rings. The lowest BCUT2D eigenvalue weighted by Crippen LogP contribution is -2.39. The van der Waals surface area contributed by atoms with Crippen molar-refractivity contribution in [3.63, 3.8) is 0 Å². The van der Waals surface area contributed by atoms with Crippen molar-refractivity contribution >= 4 is 26.8 Å². The molecule has 2 rings (SSSR count). The number of hydrogen-bond acceptors (Lipinski definition) is 4. The maximum absolute atomic E-state index is 5.25. The molecule has 108 valence electrons. The van der Waals surface area contributed by atoms with E-state index in [0.717, 1.165) is 20.9 Å². The molecule has 2 aromatic rings. The zero-order chi connectivity index (χ0) is 14.5. The molecular weight excluding hydrogens is 320 g/mol. The fourth-order valence-corrected chi connectivity index (χ4v) is 2.66. The standard InChI is InChI=1S/C15H19BrN2O2/c1-10(15(19-2)20-3)18-9-11-6-7-13(16)12-5-4-8-17-14(11)12/h4-8,10,15,18H,9H2,1-3H3. The van der Waals surface area contributed by atoms with Gasteiger partial charge >= 0.3 is 0 Å². The van der Waals surface area contributed by atoms with E-state index in [9.17, 15) is 0 Å². The van der Waals surface area contributed by atoms with Crippen LogP contribution in [0.15, 0.2) is 34.9 Å². The molecule has 1 N–H and O–H groups in total. The topological polar surface area (TPSA) is 43.4 Å². The van der Waals surface area contributed by atoms with Crippen molar-refractivity contribution < 1.29 is 9.47 Å². The molecule has 1 heterocycles. The zero-order valence-electron chi connectivity index (χ0n) is 11.9. The van der Waals surface area contributed by atoms with Crippen LogP contribution in [0.2, 0.25) is 0 Å². The van der Waals surface area contributed by atoms with Crippen LogP contribution in [-0.2, 0) is 16.0 Å². The molecule has 1 aromatic carbocycles. The second-order valence-electron chi connectivity index (χ2n) is 4.62. The van der Waals surface area contributed by atoms with Crippen LogP contribution in [0.1, 0.15) is 12.5 Å². The second kappa shape index (κ2) is 7.13. The Bertz CT molecular complexity index is 573. The normalized spacial score (nSPS) is 13.1. The summed E-state index contributed by atoms with van der Waals surface area (Å²) in [6.45, 7) is 2.75. The van der Waals surface area contributed by atoms with Crippen LogP contribution < -0.4 is 5.32 Å². The molecule has 4 nitrogen and oxygen atoms in total. The average Bonchev–Trinajstić information content (AvgIpc) is 2.48. The minimum absolute atomic E-state index is 0.0902. The lowest BCUT2D eigenvalue weighted by atomic mass is 10.1. The Morgan fingerprint density at radius 2 is 2.00 bits per heavy atom. The summed E-state index contributed by atoms with van der Waals surface area (Å²) in [5.41, 5.74) is 2.16. The number of pyridine rings is 1. The van der Waals surface area contributed by atoms with Gasteiger partial charge in [0.25, 0.3) is 0 Å². The molecule has 5 heteroatoms. The largest absolute Gasteiger partial charge is 0.354 e. The van der Waals surface area contributed by atoms with Gasteiger partial charge in [0.2, 0.25) is 0 Å². The van der Waals surface area contributed by atoms with E-state index in [1.807, 2.05) is 19.2 Å². The Hall–Kier alpha value is -1.01. The highest BCUT2D eigenvalue weighted by Crippen LogP contribution is 2.25. The van der Waals surface area contributed by atoms with Gasteiger partial charge in [-0.05, 0) is 24.6 Å². The van der Waals surface area contributed by atoms with Gasteiger partial charge in [-0.25, -0.2) is 0 Å². The third-order valence-corrected chi connectivity index (χ3v) is 3.98. The summed E-state index contributed by atoms with van der Waals surface area (Å²) in [4.78, 5) is 4.47. The van der Waals surface area contributed by atoms with Gasteiger partial charge in [-0.15, -0.1) is 0 Å². The van der Waals surface area contributed by atoms with Crippen molar-refractivity contribution in [3.8, 4) is 0 Å². The summed E-state index contributed by atoms with van der Waals surface area (Å²) in [5.74, 6) is 0. The molecule has 0 saturated heterocycles. The van der Waals surface area contributed by atoms with Crippen LogP contribution in [0.25, 0.3) is 10.9 Å². The van der Waals surface area contributed by atoms with E-state index >= 15 is 0 Å². The van der Waals surface area contributed by atoms with Gasteiger partial charge in [-0.2, -0.15) is 0 Å². The quantitative estimate of drug-likeness (QED) is 0.822. The number of nitrogens with zero attached hydrogens (tertiary/aromatic N) is 1. The summed E-state index contributed by atoms with van der Waals surface area (Å²) >= 11 is 3.56. The van der Waals surface area contributed by atoms with E-state index in [0.29, 0.717) is 6.54 Å². The highest BCUT2D eigenvalue weighted by molar-refractivity contribution is 9.10. The maximum atomic E-state index is 5.25. The highest BCUT2D eigenvalue weighted by Gasteiger charge is 2.15. The Morgan fingerprint density at radius 3 is 2.70 bits per heavy atom. The maximum Gasteiger partial charge on any atom is 0.171 e. The molecular formula is C15H19BrN2O2. The zero-order valence-corrected chi connectivity index (χ0v) is 13.5. The van der Waals surface area contributed by atoms with E-state index in [1.165, 1.54) is 0 Å². The SMILES string of the molecule is COC(OC)C(C)NCc1ccc(Br)c2cccnc12. The predicted octanol–water partition coefficient (Wildman–Crippen LogP) is 3.09. The Labute approximate surface area is 127 Å². The summed E-state index contributed by atoms with van der Waals surface area (Å²) in [5, 5.41) is 4.53. The number of methoxy groups -OCH3 is 2. The molecule has 1 unspecified atom stereocenters.